The first-order chi connectivity index (χ1) is 9.36. The summed E-state index contributed by atoms with van der Waals surface area (Å²) in [5, 5.41) is 5.75. The van der Waals surface area contributed by atoms with Gasteiger partial charge in [0, 0.05) is 11.7 Å². The van der Waals surface area contributed by atoms with Gasteiger partial charge in [0.05, 0.1) is 0 Å². The van der Waals surface area contributed by atoms with Crippen LogP contribution in [0.4, 0.5) is 5.69 Å². The second-order valence-corrected chi connectivity index (χ2v) is 5.91. The second kappa shape index (κ2) is 5.27. The van der Waals surface area contributed by atoms with Gasteiger partial charge in [0.1, 0.15) is 5.41 Å². The monoisotopic (exact) mass is 274 g/mol. The van der Waals surface area contributed by atoms with E-state index in [1.165, 1.54) is 0 Å². The number of nitrogens with one attached hydrogen (secondary N) is 2. The van der Waals surface area contributed by atoms with Crippen molar-refractivity contribution in [2.75, 3.05) is 5.32 Å². The van der Waals surface area contributed by atoms with E-state index in [0.717, 1.165) is 16.8 Å². The highest BCUT2D eigenvalue weighted by molar-refractivity contribution is 6.13. The molecule has 1 aliphatic rings. The predicted octanol–water partition coefficient (Wildman–Crippen LogP) is 2.55. The summed E-state index contributed by atoms with van der Waals surface area (Å²) in [5.41, 5.74) is 2.10. The van der Waals surface area contributed by atoms with Gasteiger partial charge in [-0.15, -0.1) is 0 Å². The van der Waals surface area contributed by atoms with E-state index in [1.807, 2.05) is 45.9 Å². The smallest absolute Gasteiger partial charge is 0.240 e. The van der Waals surface area contributed by atoms with Crippen molar-refractivity contribution in [1.82, 2.24) is 5.32 Å². The average Bonchev–Trinajstić information content (AvgIpc) is 3.15. The first-order valence-electron chi connectivity index (χ1n) is 7.05. The maximum Gasteiger partial charge on any atom is 0.240 e. The van der Waals surface area contributed by atoms with Gasteiger partial charge in [0.2, 0.25) is 11.8 Å². The third kappa shape index (κ3) is 2.69. The average molecular weight is 274 g/mol. The van der Waals surface area contributed by atoms with Crippen LogP contribution in [0, 0.1) is 19.3 Å². The number of benzene rings is 1. The number of hydrogen-bond donors (Lipinski definition) is 2. The Morgan fingerprint density at radius 1 is 1.15 bits per heavy atom. The summed E-state index contributed by atoms with van der Waals surface area (Å²) in [4.78, 5) is 24.6. The highest BCUT2D eigenvalue weighted by Crippen LogP contribution is 2.47. The van der Waals surface area contributed by atoms with Gasteiger partial charge < -0.3 is 10.6 Å². The normalized spacial score (nSPS) is 15.8. The molecule has 2 rings (SSSR count). The van der Waals surface area contributed by atoms with Gasteiger partial charge in [-0.1, -0.05) is 12.1 Å². The van der Waals surface area contributed by atoms with E-state index in [-0.39, 0.29) is 17.9 Å². The Kier molecular flexibility index (Phi) is 3.84. The minimum absolute atomic E-state index is 0.0495. The Labute approximate surface area is 119 Å². The zero-order valence-electron chi connectivity index (χ0n) is 12.5. The zero-order chi connectivity index (χ0) is 14.9. The molecule has 1 aromatic carbocycles. The minimum atomic E-state index is -0.861. The Morgan fingerprint density at radius 2 is 1.80 bits per heavy atom. The highest BCUT2D eigenvalue weighted by Gasteiger charge is 2.56. The number of amides is 2. The fourth-order valence-corrected chi connectivity index (χ4v) is 2.21. The van der Waals surface area contributed by atoms with E-state index in [9.17, 15) is 9.59 Å². The molecule has 1 aromatic rings. The van der Waals surface area contributed by atoms with Crippen LogP contribution in [-0.4, -0.2) is 17.9 Å². The fourth-order valence-electron chi connectivity index (χ4n) is 2.21. The number of hydrogen-bond acceptors (Lipinski definition) is 2. The second-order valence-electron chi connectivity index (χ2n) is 5.91. The quantitative estimate of drug-likeness (QED) is 0.829. The maximum absolute atomic E-state index is 12.4. The van der Waals surface area contributed by atoms with Crippen molar-refractivity contribution in [3.8, 4) is 0 Å². The van der Waals surface area contributed by atoms with Crippen molar-refractivity contribution >= 4 is 17.5 Å². The molecule has 0 heterocycles. The molecule has 2 amide bonds. The third-order valence-electron chi connectivity index (χ3n) is 3.89. The largest absolute Gasteiger partial charge is 0.353 e. The molecule has 0 atom stereocenters. The molecule has 0 bridgehead atoms. The van der Waals surface area contributed by atoms with Crippen LogP contribution in [0.3, 0.4) is 0 Å². The number of rotatable bonds is 4. The van der Waals surface area contributed by atoms with Crippen molar-refractivity contribution in [3.05, 3.63) is 29.3 Å². The van der Waals surface area contributed by atoms with Crippen molar-refractivity contribution in [2.24, 2.45) is 5.41 Å². The van der Waals surface area contributed by atoms with E-state index in [1.54, 1.807) is 0 Å². The number of carbonyl (C=O) groups excluding carboxylic acids is 2. The van der Waals surface area contributed by atoms with Crippen LogP contribution in [0.15, 0.2) is 18.2 Å². The van der Waals surface area contributed by atoms with Gasteiger partial charge in [-0.25, -0.2) is 0 Å². The van der Waals surface area contributed by atoms with Crippen LogP contribution in [0.1, 0.15) is 37.8 Å². The van der Waals surface area contributed by atoms with Gasteiger partial charge >= 0.3 is 0 Å². The molecule has 0 aromatic heterocycles. The molecule has 4 heteroatoms. The van der Waals surface area contributed by atoms with Crippen molar-refractivity contribution < 1.29 is 9.59 Å². The Bertz CT molecular complexity index is 545. The Balaban J connectivity index is 2.12. The first kappa shape index (κ1) is 14.6. The molecule has 2 N–H and O–H groups in total. The van der Waals surface area contributed by atoms with Crippen LogP contribution < -0.4 is 10.6 Å². The summed E-state index contributed by atoms with van der Waals surface area (Å²) in [7, 11) is 0. The third-order valence-corrected chi connectivity index (χ3v) is 3.89. The lowest BCUT2D eigenvalue weighted by Crippen LogP contribution is -2.42. The molecule has 108 valence electrons. The summed E-state index contributed by atoms with van der Waals surface area (Å²) < 4.78 is 0. The maximum atomic E-state index is 12.4. The van der Waals surface area contributed by atoms with E-state index in [2.05, 4.69) is 10.6 Å². The zero-order valence-corrected chi connectivity index (χ0v) is 12.5. The van der Waals surface area contributed by atoms with Crippen LogP contribution >= 0.6 is 0 Å². The lowest BCUT2D eigenvalue weighted by Gasteiger charge is -2.18. The lowest BCUT2D eigenvalue weighted by molar-refractivity contribution is -0.134. The summed E-state index contributed by atoms with van der Waals surface area (Å²) in [6, 6.07) is 5.83. The molecule has 1 saturated carbocycles. The number of carbonyl (C=O) groups is 2. The van der Waals surface area contributed by atoms with Crippen LogP contribution in [0.2, 0.25) is 0 Å². The number of aryl methyl sites for hydroxylation is 1. The predicted molar refractivity (Wildman–Crippen MR) is 79.5 cm³/mol. The van der Waals surface area contributed by atoms with Crippen molar-refractivity contribution in [1.29, 1.82) is 0 Å². The first-order valence-corrected chi connectivity index (χ1v) is 7.05. The van der Waals surface area contributed by atoms with Gasteiger partial charge in [0.15, 0.2) is 0 Å². The molecule has 0 spiro atoms. The molecule has 0 radical (unpaired) electrons. The van der Waals surface area contributed by atoms with Gasteiger partial charge in [-0.05, 0) is 57.7 Å². The van der Waals surface area contributed by atoms with E-state index in [0.29, 0.717) is 12.8 Å². The summed E-state index contributed by atoms with van der Waals surface area (Å²) in [6.07, 6.45) is 1.25. The Hall–Kier alpha value is -1.84. The lowest BCUT2D eigenvalue weighted by atomic mass is 10.0. The van der Waals surface area contributed by atoms with E-state index in [4.69, 9.17) is 0 Å². The molecule has 0 unspecified atom stereocenters. The summed E-state index contributed by atoms with van der Waals surface area (Å²) >= 11 is 0. The molecule has 4 nitrogen and oxygen atoms in total. The molecular weight excluding hydrogens is 252 g/mol. The molecule has 0 aliphatic heterocycles. The van der Waals surface area contributed by atoms with Crippen LogP contribution in [-0.2, 0) is 9.59 Å². The van der Waals surface area contributed by atoms with Gasteiger partial charge in [0.25, 0.3) is 0 Å². The summed E-state index contributed by atoms with van der Waals surface area (Å²) in [5.74, 6) is -0.348. The molecular formula is C16H22N2O2. The molecule has 1 aliphatic carbocycles. The highest BCUT2D eigenvalue weighted by atomic mass is 16.2. The van der Waals surface area contributed by atoms with Gasteiger partial charge in [-0.3, -0.25) is 9.59 Å². The van der Waals surface area contributed by atoms with Crippen molar-refractivity contribution in [2.45, 2.75) is 46.6 Å². The molecule has 1 fully saturated rings. The SMILES string of the molecule is Cc1cccc(NC(=O)C2(C(=O)NC(C)C)CC2)c1C. The standard InChI is InChI=1S/C16H22N2O2/c1-10(2)17-14(19)16(8-9-16)15(20)18-13-7-5-6-11(3)12(13)4/h5-7,10H,8-9H2,1-4H3,(H,17,19)(H,18,20). The minimum Gasteiger partial charge on any atom is -0.353 e. The molecule has 0 saturated heterocycles. The van der Waals surface area contributed by atoms with Crippen LogP contribution in [0.5, 0.6) is 0 Å². The van der Waals surface area contributed by atoms with Crippen LogP contribution in [0.25, 0.3) is 0 Å². The Morgan fingerprint density at radius 3 is 2.35 bits per heavy atom. The number of anilines is 1. The van der Waals surface area contributed by atoms with Crippen molar-refractivity contribution in [3.63, 3.8) is 0 Å². The fraction of sp³-hybridized carbons (Fsp3) is 0.500. The van der Waals surface area contributed by atoms with Gasteiger partial charge in [-0.2, -0.15) is 0 Å². The van der Waals surface area contributed by atoms with E-state index < -0.39 is 5.41 Å². The molecule has 20 heavy (non-hydrogen) atoms. The van der Waals surface area contributed by atoms with E-state index >= 15 is 0 Å². The summed E-state index contributed by atoms with van der Waals surface area (Å²) in [6.45, 7) is 7.77. The topological polar surface area (TPSA) is 58.2 Å².